The number of Topliss-reactive ketones (excluding diaryl/α,β-unsaturated/α-hetero) is 1. The molecule has 7 unspecified atom stereocenters. The number of allylic oxidation sites excluding steroid dienone is 1. The number of aromatic nitrogens is 2. The molecule has 29 heavy (non-hydrogen) atoms. The minimum absolute atomic E-state index is 0.0937. The van der Waals surface area contributed by atoms with Crippen LogP contribution in [0, 0.1) is 41.4 Å². The molecule has 158 valence electrons. The zero-order chi connectivity index (χ0) is 20.6. The normalized spacial score (nSPS) is 45.8. The lowest BCUT2D eigenvalue weighted by molar-refractivity contribution is -0.141. The molecule has 4 saturated carbocycles. The number of nitrogens with zero attached hydrogens (tertiary/aromatic N) is 2. The van der Waals surface area contributed by atoms with Gasteiger partial charge >= 0.3 is 0 Å². The van der Waals surface area contributed by atoms with Crippen molar-refractivity contribution in [1.82, 2.24) is 9.78 Å². The van der Waals surface area contributed by atoms with E-state index < -0.39 is 0 Å². The van der Waals surface area contributed by atoms with Crippen LogP contribution in [0.4, 0.5) is 0 Å². The van der Waals surface area contributed by atoms with Gasteiger partial charge < -0.3 is 5.11 Å². The molecule has 1 aromatic heterocycles. The third-order valence-electron chi connectivity index (χ3n) is 9.88. The Labute approximate surface area is 174 Å². The molecule has 1 N–H and O–H groups in total. The van der Waals surface area contributed by atoms with Gasteiger partial charge in [-0.3, -0.25) is 9.48 Å². The quantitative estimate of drug-likeness (QED) is 0.701. The Kier molecular flexibility index (Phi) is 4.40. The number of fused-ring (bicyclic) bond motifs is 5. The zero-order valence-electron chi connectivity index (χ0n) is 18.4. The second-order valence-electron chi connectivity index (χ2n) is 11.1. The molecule has 4 heteroatoms. The molecule has 0 bridgehead atoms. The Bertz CT molecular complexity index is 870. The van der Waals surface area contributed by atoms with Gasteiger partial charge in [-0.15, -0.1) is 0 Å². The zero-order valence-corrected chi connectivity index (χ0v) is 18.4. The summed E-state index contributed by atoms with van der Waals surface area (Å²) < 4.78 is 1.89. The number of aryl methyl sites for hydroxylation is 1. The van der Waals surface area contributed by atoms with Crippen molar-refractivity contribution in [3.05, 3.63) is 23.0 Å². The van der Waals surface area contributed by atoms with Crippen LogP contribution in [0.2, 0.25) is 0 Å². The highest BCUT2D eigenvalue weighted by molar-refractivity contribution is 6.06. The van der Waals surface area contributed by atoms with Gasteiger partial charge in [0.05, 0.1) is 12.3 Å². The van der Waals surface area contributed by atoms with Crippen LogP contribution >= 0.6 is 0 Å². The van der Waals surface area contributed by atoms with E-state index in [9.17, 15) is 9.90 Å². The van der Waals surface area contributed by atoms with Crippen LogP contribution < -0.4 is 0 Å². The summed E-state index contributed by atoms with van der Waals surface area (Å²) in [6.07, 6.45) is 12.7. The molecule has 0 aliphatic heterocycles. The summed E-state index contributed by atoms with van der Waals surface area (Å²) in [4.78, 5) is 13.5. The van der Waals surface area contributed by atoms with Gasteiger partial charge in [0.15, 0.2) is 5.78 Å². The van der Waals surface area contributed by atoms with E-state index in [2.05, 4.69) is 31.9 Å². The molecular weight excluding hydrogens is 360 g/mol. The Morgan fingerprint density at radius 1 is 1.17 bits per heavy atom. The first-order valence-corrected chi connectivity index (χ1v) is 11.7. The molecule has 7 atom stereocenters. The van der Waals surface area contributed by atoms with E-state index in [1.54, 1.807) is 0 Å². The molecule has 1 aromatic rings. The summed E-state index contributed by atoms with van der Waals surface area (Å²) in [5.74, 6) is 2.94. The summed E-state index contributed by atoms with van der Waals surface area (Å²) in [7, 11) is 1.96. The Morgan fingerprint density at radius 2 is 1.97 bits per heavy atom. The van der Waals surface area contributed by atoms with Gasteiger partial charge in [0.25, 0.3) is 0 Å². The van der Waals surface area contributed by atoms with Gasteiger partial charge in [-0.2, -0.15) is 5.10 Å². The summed E-state index contributed by atoms with van der Waals surface area (Å²) >= 11 is 0. The average Bonchev–Trinajstić information content (AvgIpc) is 3.14. The Balaban J connectivity index is 1.46. The van der Waals surface area contributed by atoms with E-state index in [4.69, 9.17) is 0 Å². The van der Waals surface area contributed by atoms with Gasteiger partial charge in [0.2, 0.25) is 0 Å². The lowest BCUT2D eigenvalue weighted by atomic mass is 9.45. The van der Waals surface area contributed by atoms with E-state index in [0.717, 1.165) is 54.9 Å². The Hall–Kier alpha value is -1.42. The van der Waals surface area contributed by atoms with Crippen molar-refractivity contribution in [2.24, 2.45) is 41.5 Å². The van der Waals surface area contributed by atoms with Gasteiger partial charge in [-0.05, 0) is 99.0 Å². The van der Waals surface area contributed by atoms with Crippen LogP contribution in [0.15, 0.2) is 11.8 Å². The van der Waals surface area contributed by atoms with Crippen LogP contribution in [-0.4, -0.2) is 26.8 Å². The minimum Gasteiger partial charge on any atom is -0.393 e. The molecule has 5 rings (SSSR count). The standard InChI is InChI=1S/C25H36N2O2/c1-15-17(14-26-27(15)4)11-16-12-22-20-6-5-18-13-19(28)7-9-24(18,2)21(20)8-10-25(22,3)23(16)29/h11,14,18-22,28H,5-10,12-13H2,1-4H3/b16-11-. The second kappa shape index (κ2) is 6.54. The second-order valence-corrected chi connectivity index (χ2v) is 11.1. The maximum atomic E-state index is 13.5. The van der Waals surface area contributed by atoms with E-state index >= 15 is 0 Å². The number of ketones is 1. The number of rotatable bonds is 1. The van der Waals surface area contributed by atoms with Crippen molar-refractivity contribution in [1.29, 1.82) is 0 Å². The minimum atomic E-state index is -0.180. The average molecular weight is 397 g/mol. The van der Waals surface area contributed by atoms with Crippen molar-refractivity contribution in [3.63, 3.8) is 0 Å². The maximum absolute atomic E-state index is 13.5. The van der Waals surface area contributed by atoms with Gasteiger partial charge in [0, 0.05) is 23.7 Å². The summed E-state index contributed by atoms with van der Waals surface area (Å²) in [6, 6.07) is 0. The first-order valence-electron chi connectivity index (χ1n) is 11.7. The van der Waals surface area contributed by atoms with Crippen LogP contribution in [0.25, 0.3) is 6.08 Å². The molecule has 0 aromatic carbocycles. The molecule has 1 heterocycles. The fourth-order valence-corrected chi connectivity index (χ4v) is 7.88. The molecule has 4 fully saturated rings. The lowest BCUT2D eigenvalue weighted by Crippen LogP contribution is -2.54. The van der Waals surface area contributed by atoms with Crippen molar-refractivity contribution in [2.75, 3.05) is 0 Å². The van der Waals surface area contributed by atoms with E-state index in [-0.39, 0.29) is 11.5 Å². The monoisotopic (exact) mass is 396 g/mol. The molecule has 0 radical (unpaired) electrons. The fourth-order valence-electron chi connectivity index (χ4n) is 7.88. The molecule has 0 amide bonds. The molecule has 4 nitrogen and oxygen atoms in total. The molecule has 4 aliphatic carbocycles. The smallest absolute Gasteiger partial charge is 0.165 e. The maximum Gasteiger partial charge on any atom is 0.165 e. The van der Waals surface area contributed by atoms with Crippen LogP contribution in [0.5, 0.6) is 0 Å². The summed E-state index contributed by atoms with van der Waals surface area (Å²) in [5.41, 5.74) is 3.42. The van der Waals surface area contributed by atoms with E-state index in [1.165, 1.54) is 19.3 Å². The lowest BCUT2D eigenvalue weighted by Gasteiger charge is -2.59. The molecule has 0 saturated heterocycles. The number of hydrogen-bond acceptors (Lipinski definition) is 3. The number of carbonyl (C=O) groups excluding carboxylic acids is 1. The van der Waals surface area contributed by atoms with Crippen molar-refractivity contribution in [3.8, 4) is 0 Å². The SMILES string of the molecule is Cc1c(/C=C2/CC3C4CCC5CC(O)CCC5(C)C4CCC3(C)C2=O)cnn1C. The first-order chi connectivity index (χ1) is 13.7. The van der Waals surface area contributed by atoms with Crippen LogP contribution in [-0.2, 0) is 11.8 Å². The van der Waals surface area contributed by atoms with Gasteiger partial charge in [0.1, 0.15) is 0 Å². The third-order valence-corrected chi connectivity index (χ3v) is 9.88. The number of hydrogen-bond donors (Lipinski definition) is 1. The third kappa shape index (κ3) is 2.74. The van der Waals surface area contributed by atoms with Gasteiger partial charge in [-0.1, -0.05) is 13.8 Å². The van der Waals surface area contributed by atoms with E-state index in [1.807, 2.05) is 17.9 Å². The number of carbonyl (C=O) groups is 1. The summed E-state index contributed by atoms with van der Waals surface area (Å²) in [5, 5.41) is 14.6. The fraction of sp³-hybridized carbons (Fsp3) is 0.760. The summed E-state index contributed by atoms with van der Waals surface area (Å²) in [6.45, 7) is 6.84. The largest absolute Gasteiger partial charge is 0.393 e. The predicted molar refractivity (Wildman–Crippen MR) is 114 cm³/mol. The Morgan fingerprint density at radius 3 is 2.69 bits per heavy atom. The van der Waals surface area contributed by atoms with Gasteiger partial charge in [-0.25, -0.2) is 0 Å². The van der Waals surface area contributed by atoms with Crippen LogP contribution in [0.1, 0.15) is 76.5 Å². The highest BCUT2D eigenvalue weighted by Crippen LogP contribution is 2.66. The first kappa shape index (κ1) is 19.5. The topological polar surface area (TPSA) is 55.1 Å². The predicted octanol–water partition coefficient (Wildman–Crippen LogP) is 4.69. The highest BCUT2D eigenvalue weighted by Gasteiger charge is 2.61. The highest BCUT2D eigenvalue weighted by atomic mass is 16.3. The van der Waals surface area contributed by atoms with Crippen molar-refractivity contribution in [2.45, 2.75) is 78.2 Å². The van der Waals surface area contributed by atoms with Crippen molar-refractivity contribution >= 4 is 11.9 Å². The van der Waals surface area contributed by atoms with E-state index in [0.29, 0.717) is 29.0 Å². The molecule has 4 aliphatic rings. The number of aliphatic hydroxyl groups is 1. The number of aliphatic hydroxyl groups excluding tert-OH is 1. The molecular formula is C25H36N2O2. The molecule has 0 spiro atoms. The van der Waals surface area contributed by atoms with Crippen LogP contribution in [0.3, 0.4) is 0 Å². The van der Waals surface area contributed by atoms with Crippen molar-refractivity contribution < 1.29 is 9.90 Å².